The molecule has 7 heteroatoms. The van der Waals surface area contributed by atoms with Crippen LogP contribution in [0.15, 0.2) is 15.2 Å². The van der Waals surface area contributed by atoms with E-state index in [0.29, 0.717) is 11.8 Å². The van der Waals surface area contributed by atoms with Gasteiger partial charge in [-0.15, -0.1) is 0 Å². The minimum absolute atomic E-state index is 0.229. The zero-order chi connectivity index (χ0) is 11.7. The van der Waals surface area contributed by atoms with E-state index < -0.39 is 0 Å². The van der Waals surface area contributed by atoms with E-state index in [2.05, 4.69) is 30.9 Å². The molecule has 0 radical (unpaired) electrons. The van der Waals surface area contributed by atoms with Gasteiger partial charge in [0.2, 0.25) is 11.9 Å². The first-order valence-electron chi connectivity index (χ1n) is 4.49. The van der Waals surface area contributed by atoms with Crippen molar-refractivity contribution in [3.05, 3.63) is 15.2 Å². The standard InChI is InChI=1S/C9H10BrN5S/c1-15(2)9-13-7(12-8(11)14-9)5-3-16-4-6(5)10/h3-4H,1-2H3,(H2,11,12,13,14). The average molecular weight is 300 g/mol. The van der Waals surface area contributed by atoms with Crippen LogP contribution in [0.25, 0.3) is 11.4 Å². The van der Waals surface area contributed by atoms with E-state index in [9.17, 15) is 0 Å². The Morgan fingerprint density at radius 1 is 1.25 bits per heavy atom. The van der Waals surface area contributed by atoms with Gasteiger partial charge < -0.3 is 10.6 Å². The van der Waals surface area contributed by atoms with Crippen LogP contribution in [-0.4, -0.2) is 29.0 Å². The molecule has 84 valence electrons. The molecule has 2 heterocycles. The number of thiophene rings is 1. The van der Waals surface area contributed by atoms with E-state index in [4.69, 9.17) is 5.73 Å². The normalized spacial score (nSPS) is 10.4. The van der Waals surface area contributed by atoms with Crippen LogP contribution in [0.2, 0.25) is 0 Å². The van der Waals surface area contributed by atoms with Crippen LogP contribution in [0, 0.1) is 0 Å². The zero-order valence-electron chi connectivity index (χ0n) is 8.81. The number of rotatable bonds is 2. The van der Waals surface area contributed by atoms with Gasteiger partial charge in [0.25, 0.3) is 0 Å². The van der Waals surface area contributed by atoms with E-state index >= 15 is 0 Å². The lowest BCUT2D eigenvalue weighted by Gasteiger charge is -2.10. The Bertz CT molecular complexity index is 510. The third-order valence-electron chi connectivity index (χ3n) is 1.90. The van der Waals surface area contributed by atoms with Crippen molar-refractivity contribution < 1.29 is 0 Å². The topological polar surface area (TPSA) is 67.9 Å². The van der Waals surface area contributed by atoms with Gasteiger partial charge in [0, 0.05) is 34.9 Å². The number of halogens is 1. The highest BCUT2D eigenvalue weighted by Gasteiger charge is 2.11. The molecule has 0 unspecified atom stereocenters. The Hall–Kier alpha value is -1.21. The van der Waals surface area contributed by atoms with Crippen LogP contribution in [0.3, 0.4) is 0 Å². The highest BCUT2D eigenvalue weighted by molar-refractivity contribution is 9.10. The maximum absolute atomic E-state index is 5.65. The fraction of sp³-hybridized carbons (Fsp3) is 0.222. The SMILES string of the molecule is CN(C)c1nc(N)nc(-c2cscc2Br)n1. The van der Waals surface area contributed by atoms with E-state index in [0.717, 1.165) is 10.0 Å². The Kier molecular flexibility index (Phi) is 3.06. The minimum Gasteiger partial charge on any atom is -0.368 e. The van der Waals surface area contributed by atoms with Gasteiger partial charge in [0.05, 0.1) is 0 Å². The molecule has 0 atom stereocenters. The summed E-state index contributed by atoms with van der Waals surface area (Å²) in [5, 5.41) is 3.95. The maximum atomic E-state index is 5.65. The van der Waals surface area contributed by atoms with Gasteiger partial charge in [-0.05, 0) is 15.9 Å². The summed E-state index contributed by atoms with van der Waals surface area (Å²) < 4.78 is 0.966. The summed E-state index contributed by atoms with van der Waals surface area (Å²) in [6.07, 6.45) is 0. The lowest BCUT2D eigenvalue weighted by Crippen LogP contribution is -2.15. The molecular weight excluding hydrogens is 290 g/mol. The van der Waals surface area contributed by atoms with Crippen LogP contribution in [0.5, 0.6) is 0 Å². The summed E-state index contributed by atoms with van der Waals surface area (Å²) in [6.45, 7) is 0. The molecule has 2 aromatic rings. The predicted molar refractivity (Wildman–Crippen MR) is 69.6 cm³/mol. The van der Waals surface area contributed by atoms with Crippen molar-refractivity contribution in [1.82, 2.24) is 15.0 Å². The van der Waals surface area contributed by atoms with Gasteiger partial charge in [-0.3, -0.25) is 0 Å². The van der Waals surface area contributed by atoms with Crippen LogP contribution >= 0.6 is 27.3 Å². The van der Waals surface area contributed by atoms with Crippen molar-refractivity contribution in [3.63, 3.8) is 0 Å². The largest absolute Gasteiger partial charge is 0.368 e. The van der Waals surface area contributed by atoms with Gasteiger partial charge in [-0.2, -0.15) is 26.3 Å². The molecule has 2 rings (SSSR count). The maximum Gasteiger partial charge on any atom is 0.230 e. The van der Waals surface area contributed by atoms with Crippen LogP contribution in [0.4, 0.5) is 11.9 Å². The van der Waals surface area contributed by atoms with Gasteiger partial charge in [-0.25, -0.2) is 0 Å². The molecule has 0 spiro atoms. The van der Waals surface area contributed by atoms with Crippen LogP contribution in [0.1, 0.15) is 0 Å². The van der Waals surface area contributed by atoms with Crippen molar-refractivity contribution in [2.75, 3.05) is 24.7 Å². The third-order valence-corrected chi connectivity index (χ3v) is 3.60. The molecule has 0 saturated carbocycles. The monoisotopic (exact) mass is 299 g/mol. The Morgan fingerprint density at radius 3 is 2.56 bits per heavy atom. The number of nitrogen functional groups attached to an aromatic ring is 1. The fourth-order valence-electron chi connectivity index (χ4n) is 1.14. The quantitative estimate of drug-likeness (QED) is 0.919. The second-order valence-electron chi connectivity index (χ2n) is 3.35. The second-order valence-corrected chi connectivity index (χ2v) is 4.94. The van der Waals surface area contributed by atoms with Crippen molar-refractivity contribution >= 4 is 39.2 Å². The van der Waals surface area contributed by atoms with Gasteiger partial charge in [0.15, 0.2) is 5.82 Å². The Labute approximate surface area is 105 Å². The summed E-state index contributed by atoms with van der Waals surface area (Å²) in [6, 6.07) is 0. The summed E-state index contributed by atoms with van der Waals surface area (Å²) >= 11 is 5.02. The minimum atomic E-state index is 0.229. The molecule has 2 aromatic heterocycles. The molecule has 2 N–H and O–H groups in total. The average Bonchev–Trinajstić information content (AvgIpc) is 2.63. The molecule has 0 aliphatic rings. The number of anilines is 2. The number of aromatic nitrogens is 3. The smallest absolute Gasteiger partial charge is 0.230 e. The Balaban J connectivity index is 2.54. The molecule has 0 bridgehead atoms. The third kappa shape index (κ3) is 2.14. The van der Waals surface area contributed by atoms with E-state index in [1.165, 1.54) is 0 Å². The molecule has 0 aliphatic carbocycles. The van der Waals surface area contributed by atoms with Gasteiger partial charge in [-0.1, -0.05) is 0 Å². The van der Waals surface area contributed by atoms with Crippen molar-refractivity contribution in [1.29, 1.82) is 0 Å². The zero-order valence-corrected chi connectivity index (χ0v) is 11.2. The summed E-state index contributed by atoms with van der Waals surface area (Å²) in [5.74, 6) is 1.37. The lowest BCUT2D eigenvalue weighted by molar-refractivity contribution is 0.970. The summed E-state index contributed by atoms with van der Waals surface area (Å²) in [4.78, 5) is 14.3. The van der Waals surface area contributed by atoms with E-state index in [-0.39, 0.29) is 5.95 Å². The second kappa shape index (κ2) is 4.34. The van der Waals surface area contributed by atoms with Crippen LogP contribution in [-0.2, 0) is 0 Å². The first-order chi connectivity index (χ1) is 7.58. The van der Waals surface area contributed by atoms with Gasteiger partial charge in [0.1, 0.15) is 0 Å². The first kappa shape index (κ1) is 11.3. The first-order valence-corrected chi connectivity index (χ1v) is 6.22. The van der Waals surface area contributed by atoms with Crippen molar-refractivity contribution in [2.24, 2.45) is 0 Å². The Morgan fingerprint density at radius 2 is 2.00 bits per heavy atom. The molecule has 0 fully saturated rings. The highest BCUT2D eigenvalue weighted by atomic mass is 79.9. The predicted octanol–water partition coefficient (Wildman–Crippen LogP) is 2.01. The van der Waals surface area contributed by atoms with Crippen molar-refractivity contribution in [3.8, 4) is 11.4 Å². The summed E-state index contributed by atoms with van der Waals surface area (Å²) in [5.41, 5.74) is 6.59. The number of hydrogen-bond acceptors (Lipinski definition) is 6. The molecular formula is C9H10BrN5S. The molecule has 0 aliphatic heterocycles. The summed E-state index contributed by atoms with van der Waals surface area (Å²) in [7, 11) is 3.72. The molecule has 0 aromatic carbocycles. The molecule has 5 nitrogen and oxygen atoms in total. The number of nitrogens with zero attached hydrogens (tertiary/aromatic N) is 4. The fourth-order valence-corrected chi connectivity index (χ4v) is 2.59. The molecule has 0 amide bonds. The lowest BCUT2D eigenvalue weighted by atomic mass is 10.3. The molecule has 16 heavy (non-hydrogen) atoms. The highest BCUT2D eigenvalue weighted by Crippen LogP contribution is 2.30. The molecule has 0 saturated heterocycles. The van der Waals surface area contributed by atoms with E-state index in [1.807, 2.05) is 24.9 Å². The number of nitrogens with two attached hydrogens (primary N) is 1. The number of hydrogen-bond donors (Lipinski definition) is 1. The van der Waals surface area contributed by atoms with Crippen LogP contribution < -0.4 is 10.6 Å². The van der Waals surface area contributed by atoms with Crippen molar-refractivity contribution in [2.45, 2.75) is 0 Å². The van der Waals surface area contributed by atoms with E-state index in [1.54, 1.807) is 16.2 Å². The van der Waals surface area contributed by atoms with Gasteiger partial charge >= 0.3 is 0 Å².